The Morgan fingerprint density at radius 2 is 1.93 bits per heavy atom. The third-order valence-corrected chi connectivity index (χ3v) is 3.80. The zero-order valence-corrected chi connectivity index (χ0v) is 15.1. The first-order chi connectivity index (χ1) is 13.0. The van der Waals surface area contributed by atoms with E-state index in [0.717, 1.165) is 5.56 Å². The van der Waals surface area contributed by atoms with E-state index in [1.54, 1.807) is 24.3 Å². The number of amides is 1. The van der Waals surface area contributed by atoms with Gasteiger partial charge in [-0.3, -0.25) is 4.79 Å². The maximum atomic E-state index is 12.9. The number of benzene rings is 1. The second-order valence-corrected chi connectivity index (χ2v) is 6.30. The van der Waals surface area contributed by atoms with Crippen LogP contribution in [0.2, 0.25) is 0 Å². The van der Waals surface area contributed by atoms with E-state index in [1.807, 2.05) is 13.8 Å². The van der Waals surface area contributed by atoms with Crippen molar-refractivity contribution in [1.29, 1.82) is 0 Å². The van der Waals surface area contributed by atoms with E-state index in [1.165, 1.54) is 18.3 Å². The second kappa shape index (κ2) is 8.39. The molecule has 2 heterocycles. The number of rotatable bonds is 7. The van der Waals surface area contributed by atoms with Crippen LogP contribution in [-0.2, 0) is 13.1 Å². The first kappa shape index (κ1) is 18.5. The molecule has 2 aromatic heterocycles. The van der Waals surface area contributed by atoms with Gasteiger partial charge in [0.1, 0.15) is 11.6 Å². The lowest BCUT2D eigenvalue weighted by Crippen LogP contribution is -2.23. The molecule has 1 amide bonds. The van der Waals surface area contributed by atoms with Gasteiger partial charge in [0.05, 0.1) is 12.1 Å². The summed E-state index contributed by atoms with van der Waals surface area (Å²) in [5, 5.41) is 9.68. The van der Waals surface area contributed by atoms with Crippen LogP contribution in [0.15, 0.2) is 47.1 Å². The summed E-state index contributed by atoms with van der Waals surface area (Å²) in [6.45, 7) is 4.59. The molecule has 8 heteroatoms. The number of carbonyl (C=O) groups is 1. The quantitative estimate of drug-likeness (QED) is 0.664. The molecule has 0 atom stereocenters. The minimum absolute atomic E-state index is 0.140. The van der Waals surface area contributed by atoms with Crippen molar-refractivity contribution in [1.82, 2.24) is 20.4 Å². The van der Waals surface area contributed by atoms with E-state index in [-0.39, 0.29) is 24.2 Å². The zero-order chi connectivity index (χ0) is 19.2. The van der Waals surface area contributed by atoms with Crippen LogP contribution in [0.1, 0.15) is 47.4 Å². The van der Waals surface area contributed by atoms with Gasteiger partial charge in [0.2, 0.25) is 5.89 Å². The molecule has 1 aromatic carbocycles. The van der Waals surface area contributed by atoms with Crippen LogP contribution in [0.3, 0.4) is 0 Å². The molecule has 0 saturated heterocycles. The fourth-order valence-electron chi connectivity index (χ4n) is 2.26. The van der Waals surface area contributed by atoms with Crippen LogP contribution >= 0.6 is 0 Å². The lowest BCUT2D eigenvalue weighted by molar-refractivity contribution is 0.0949. The third-order valence-electron chi connectivity index (χ3n) is 3.80. The predicted molar refractivity (Wildman–Crippen MR) is 97.5 cm³/mol. The van der Waals surface area contributed by atoms with E-state index < -0.39 is 0 Å². The van der Waals surface area contributed by atoms with Crippen LogP contribution in [0.4, 0.5) is 10.2 Å². The van der Waals surface area contributed by atoms with Crippen LogP contribution in [-0.4, -0.2) is 21.0 Å². The Morgan fingerprint density at radius 1 is 1.15 bits per heavy atom. The summed E-state index contributed by atoms with van der Waals surface area (Å²) in [4.78, 5) is 20.6. The van der Waals surface area contributed by atoms with Crippen LogP contribution in [0.25, 0.3) is 0 Å². The normalized spacial score (nSPS) is 10.8. The Balaban J connectivity index is 1.51. The van der Waals surface area contributed by atoms with Gasteiger partial charge >= 0.3 is 0 Å². The van der Waals surface area contributed by atoms with E-state index in [9.17, 15) is 9.18 Å². The molecule has 0 bridgehead atoms. The van der Waals surface area contributed by atoms with E-state index in [2.05, 4.69) is 25.8 Å². The van der Waals surface area contributed by atoms with Crippen LogP contribution < -0.4 is 10.6 Å². The largest absolute Gasteiger partial charge is 0.366 e. The minimum Gasteiger partial charge on any atom is -0.366 e. The van der Waals surface area contributed by atoms with Gasteiger partial charge in [0.15, 0.2) is 5.82 Å². The third kappa shape index (κ3) is 5.10. The lowest BCUT2D eigenvalue weighted by atomic mass is 10.2. The smallest absolute Gasteiger partial charge is 0.253 e. The van der Waals surface area contributed by atoms with Gasteiger partial charge in [0.25, 0.3) is 5.91 Å². The van der Waals surface area contributed by atoms with Gasteiger partial charge in [-0.2, -0.15) is 4.98 Å². The summed E-state index contributed by atoms with van der Waals surface area (Å²) in [6.07, 6.45) is 1.48. The van der Waals surface area contributed by atoms with Crippen molar-refractivity contribution < 1.29 is 13.7 Å². The van der Waals surface area contributed by atoms with Gasteiger partial charge in [-0.25, -0.2) is 9.37 Å². The summed E-state index contributed by atoms with van der Waals surface area (Å²) in [5.74, 6) is 1.18. The Bertz CT molecular complexity index is 891. The highest BCUT2D eigenvalue weighted by Gasteiger charge is 2.12. The molecule has 0 spiro atoms. The highest BCUT2D eigenvalue weighted by molar-refractivity contribution is 5.93. The second-order valence-electron chi connectivity index (χ2n) is 6.30. The molecule has 140 valence electrons. The van der Waals surface area contributed by atoms with Crippen LogP contribution in [0.5, 0.6) is 0 Å². The Morgan fingerprint density at radius 3 is 2.56 bits per heavy atom. The monoisotopic (exact) mass is 369 g/mol. The van der Waals surface area contributed by atoms with Crippen molar-refractivity contribution in [3.63, 3.8) is 0 Å². The number of halogens is 1. The maximum absolute atomic E-state index is 12.9. The summed E-state index contributed by atoms with van der Waals surface area (Å²) in [6, 6.07) is 9.60. The molecular weight excluding hydrogens is 349 g/mol. The van der Waals surface area contributed by atoms with Crippen molar-refractivity contribution >= 4 is 11.7 Å². The predicted octanol–water partition coefficient (Wildman–Crippen LogP) is 3.27. The molecule has 3 aromatic rings. The summed E-state index contributed by atoms with van der Waals surface area (Å²) >= 11 is 0. The van der Waals surface area contributed by atoms with Gasteiger partial charge in [0, 0.05) is 18.7 Å². The van der Waals surface area contributed by atoms with Gasteiger partial charge in [-0.05, 0) is 29.8 Å². The van der Waals surface area contributed by atoms with E-state index in [4.69, 9.17) is 4.52 Å². The summed E-state index contributed by atoms with van der Waals surface area (Å²) in [7, 11) is 0. The molecule has 7 nitrogen and oxygen atoms in total. The highest BCUT2D eigenvalue weighted by Crippen LogP contribution is 2.11. The molecule has 0 aliphatic carbocycles. The minimum atomic E-state index is -0.275. The molecule has 0 saturated carbocycles. The molecule has 0 aliphatic heterocycles. The van der Waals surface area contributed by atoms with E-state index >= 15 is 0 Å². The van der Waals surface area contributed by atoms with Gasteiger partial charge < -0.3 is 15.2 Å². The van der Waals surface area contributed by atoms with Crippen molar-refractivity contribution in [3.8, 4) is 0 Å². The molecule has 2 N–H and O–H groups in total. The highest BCUT2D eigenvalue weighted by atomic mass is 19.1. The number of nitrogens with zero attached hydrogens (tertiary/aromatic N) is 3. The number of aromatic nitrogens is 3. The van der Waals surface area contributed by atoms with Crippen molar-refractivity contribution in [2.75, 3.05) is 5.32 Å². The first-order valence-corrected chi connectivity index (χ1v) is 8.56. The number of nitrogens with one attached hydrogen (secondary N) is 2. The molecule has 0 unspecified atom stereocenters. The lowest BCUT2D eigenvalue weighted by Gasteiger charge is -2.07. The molecule has 27 heavy (non-hydrogen) atoms. The Hall–Kier alpha value is -3.29. The molecule has 3 rings (SSSR count). The van der Waals surface area contributed by atoms with Gasteiger partial charge in [-0.1, -0.05) is 31.1 Å². The fourth-order valence-corrected chi connectivity index (χ4v) is 2.26. The topological polar surface area (TPSA) is 92.9 Å². The van der Waals surface area contributed by atoms with Gasteiger partial charge in [-0.15, -0.1) is 0 Å². The molecule has 0 fully saturated rings. The standard InChI is InChI=1S/C19H20FN5O2/c1-12(2)19-24-17(25-27-19)11-23-18(26)14-5-8-16(22-10-14)21-9-13-3-6-15(20)7-4-13/h3-8,10,12H,9,11H2,1-2H3,(H,21,22)(H,23,26). The van der Waals surface area contributed by atoms with E-state index in [0.29, 0.717) is 29.6 Å². The summed E-state index contributed by atoms with van der Waals surface area (Å²) < 4.78 is 18.0. The number of carbonyl (C=O) groups excluding carboxylic acids is 1. The molecular formula is C19H20FN5O2. The van der Waals surface area contributed by atoms with Crippen LogP contribution in [0, 0.1) is 5.82 Å². The zero-order valence-electron chi connectivity index (χ0n) is 15.1. The van der Waals surface area contributed by atoms with Crippen molar-refractivity contribution in [3.05, 3.63) is 71.3 Å². The number of hydrogen-bond acceptors (Lipinski definition) is 6. The number of hydrogen-bond donors (Lipinski definition) is 2. The average Bonchev–Trinajstić information content (AvgIpc) is 3.15. The maximum Gasteiger partial charge on any atom is 0.253 e. The average molecular weight is 369 g/mol. The Kier molecular flexibility index (Phi) is 5.75. The van der Waals surface area contributed by atoms with Crippen molar-refractivity contribution in [2.24, 2.45) is 0 Å². The molecule has 0 radical (unpaired) electrons. The van der Waals surface area contributed by atoms with Crippen molar-refractivity contribution in [2.45, 2.75) is 32.9 Å². The molecule has 0 aliphatic rings. The Labute approximate surface area is 156 Å². The fraction of sp³-hybridized carbons (Fsp3) is 0.263. The summed E-state index contributed by atoms with van der Waals surface area (Å²) in [5.41, 5.74) is 1.36. The number of anilines is 1. The number of pyridine rings is 1. The SMILES string of the molecule is CC(C)c1nc(CNC(=O)c2ccc(NCc3ccc(F)cc3)nc2)no1. The first-order valence-electron chi connectivity index (χ1n) is 8.56.